The number of hydrogen-bond donors (Lipinski definition) is 3. The molecule has 2 aliphatic rings. The van der Waals surface area contributed by atoms with E-state index in [1.54, 1.807) is 6.07 Å². The van der Waals surface area contributed by atoms with Gasteiger partial charge in [-0.1, -0.05) is 23.7 Å². The van der Waals surface area contributed by atoms with Gasteiger partial charge in [-0.3, -0.25) is 0 Å². The van der Waals surface area contributed by atoms with Crippen molar-refractivity contribution in [1.29, 1.82) is 0 Å². The zero-order chi connectivity index (χ0) is 22.7. The Labute approximate surface area is 195 Å². The Morgan fingerprint density at radius 2 is 1.78 bits per heavy atom. The van der Waals surface area contributed by atoms with Gasteiger partial charge in [0.1, 0.15) is 5.82 Å². The number of carbonyl (C=O) groups is 1. The summed E-state index contributed by atoms with van der Waals surface area (Å²) in [7, 11) is 4.10. The number of nitrogens with zero attached hydrogens (tertiary/aromatic N) is 3. The van der Waals surface area contributed by atoms with Gasteiger partial charge in [-0.2, -0.15) is 4.98 Å². The Kier molecular flexibility index (Phi) is 7.04. The van der Waals surface area contributed by atoms with E-state index in [1.165, 1.54) is 24.1 Å². The lowest BCUT2D eigenvalue weighted by Crippen LogP contribution is -2.42. The number of amides is 2. The molecule has 3 N–H and O–H groups in total. The van der Waals surface area contributed by atoms with E-state index in [2.05, 4.69) is 20.9 Å². The van der Waals surface area contributed by atoms with Crippen LogP contribution in [0.25, 0.3) is 0 Å². The topological polar surface area (TPSA) is 82.2 Å². The molecule has 2 aromatic rings. The van der Waals surface area contributed by atoms with E-state index in [4.69, 9.17) is 21.6 Å². The maximum absolute atomic E-state index is 12.5. The molecule has 0 saturated heterocycles. The van der Waals surface area contributed by atoms with Crippen molar-refractivity contribution >= 4 is 35.1 Å². The second-order valence-electron chi connectivity index (χ2n) is 9.12. The number of anilines is 3. The SMILES string of the molecule is Cc1cccc(Cl)c1NC(=O)N[C@H]1CC[C@@H](Nc2nc3c(c(N(C)C)n2)CCCC3)CC1. The fourth-order valence-electron chi connectivity index (χ4n) is 4.70. The minimum atomic E-state index is -0.203. The van der Waals surface area contributed by atoms with Gasteiger partial charge in [-0.25, -0.2) is 9.78 Å². The number of para-hydroxylation sites is 1. The van der Waals surface area contributed by atoms with Crippen LogP contribution >= 0.6 is 11.6 Å². The maximum Gasteiger partial charge on any atom is 0.319 e. The summed E-state index contributed by atoms with van der Waals surface area (Å²) in [5.41, 5.74) is 4.12. The molecule has 8 heteroatoms. The average Bonchev–Trinajstić information content (AvgIpc) is 2.77. The van der Waals surface area contributed by atoms with Gasteiger partial charge in [0.25, 0.3) is 0 Å². The lowest BCUT2D eigenvalue weighted by Gasteiger charge is -2.30. The predicted octanol–water partition coefficient (Wildman–Crippen LogP) is 4.93. The van der Waals surface area contributed by atoms with Crippen LogP contribution in [0.15, 0.2) is 18.2 Å². The largest absolute Gasteiger partial charge is 0.362 e. The van der Waals surface area contributed by atoms with Crippen LogP contribution in [0.3, 0.4) is 0 Å². The number of urea groups is 1. The number of aromatic nitrogens is 2. The fraction of sp³-hybridized carbons (Fsp3) is 0.542. The van der Waals surface area contributed by atoms with Crippen LogP contribution in [0.5, 0.6) is 0 Å². The van der Waals surface area contributed by atoms with E-state index in [-0.39, 0.29) is 12.1 Å². The maximum atomic E-state index is 12.5. The second kappa shape index (κ2) is 9.94. The third-order valence-electron chi connectivity index (χ3n) is 6.44. The van der Waals surface area contributed by atoms with E-state index in [0.717, 1.165) is 55.9 Å². The minimum absolute atomic E-state index is 0.151. The van der Waals surface area contributed by atoms with Gasteiger partial charge in [-0.15, -0.1) is 0 Å². The highest BCUT2D eigenvalue weighted by Crippen LogP contribution is 2.30. The van der Waals surface area contributed by atoms with Crippen molar-refractivity contribution in [3.63, 3.8) is 0 Å². The van der Waals surface area contributed by atoms with Gasteiger partial charge < -0.3 is 20.9 Å². The summed E-state index contributed by atoms with van der Waals surface area (Å²) < 4.78 is 0. The van der Waals surface area contributed by atoms with Gasteiger partial charge in [-0.05, 0) is 69.9 Å². The summed E-state index contributed by atoms with van der Waals surface area (Å²) in [6.07, 6.45) is 8.27. The van der Waals surface area contributed by atoms with Gasteiger partial charge in [0.2, 0.25) is 5.95 Å². The van der Waals surface area contributed by atoms with Crippen LogP contribution in [0.2, 0.25) is 5.02 Å². The van der Waals surface area contributed by atoms with Crippen molar-refractivity contribution in [2.75, 3.05) is 29.6 Å². The molecule has 172 valence electrons. The average molecular weight is 457 g/mol. The van der Waals surface area contributed by atoms with Crippen molar-refractivity contribution in [3.05, 3.63) is 40.0 Å². The van der Waals surface area contributed by atoms with Crippen LogP contribution in [0.1, 0.15) is 55.3 Å². The zero-order valence-corrected chi connectivity index (χ0v) is 19.9. The molecular formula is C24H33ClN6O. The number of fused-ring (bicyclic) bond motifs is 1. The Morgan fingerprint density at radius 1 is 1.06 bits per heavy atom. The van der Waals surface area contributed by atoms with E-state index >= 15 is 0 Å². The Balaban J connectivity index is 1.31. The number of aryl methyl sites for hydroxylation is 2. The van der Waals surface area contributed by atoms with E-state index in [9.17, 15) is 4.79 Å². The van der Waals surface area contributed by atoms with E-state index in [1.807, 2.05) is 33.2 Å². The first-order valence-corrected chi connectivity index (χ1v) is 11.9. The summed E-state index contributed by atoms with van der Waals surface area (Å²) in [5, 5.41) is 10.1. The first kappa shape index (κ1) is 22.6. The van der Waals surface area contributed by atoms with E-state index < -0.39 is 0 Å². The molecule has 2 amide bonds. The fourth-order valence-corrected chi connectivity index (χ4v) is 4.97. The first-order chi connectivity index (χ1) is 15.4. The van der Waals surface area contributed by atoms with E-state index in [0.29, 0.717) is 16.8 Å². The molecule has 1 saturated carbocycles. The number of carbonyl (C=O) groups excluding carboxylic acids is 1. The lowest BCUT2D eigenvalue weighted by molar-refractivity contribution is 0.243. The molecule has 1 aromatic carbocycles. The molecule has 0 radical (unpaired) electrons. The number of nitrogens with one attached hydrogen (secondary N) is 3. The molecular weight excluding hydrogens is 424 g/mol. The Bertz CT molecular complexity index is 951. The van der Waals surface area contributed by atoms with Crippen molar-refractivity contribution in [2.45, 2.75) is 70.4 Å². The predicted molar refractivity (Wildman–Crippen MR) is 131 cm³/mol. The van der Waals surface area contributed by atoms with Crippen molar-refractivity contribution < 1.29 is 4.79 Å². The third-order valence-corrected chi connectivity index (χ3v) is 6.76. The monoisotopic (exact) mass is 456 g/mol. The third kappa shape index (κ3) is 5.26. The number of hydrogen-bond acceptors (Lipinski definition) is 5. The molecule has 4 rings (SSSR count). The first-order valence-electron chi connectivity index (χ1n) is 11.6. The number of halogens is 1. The second-order valence-corrected chi connectivity index (χ2v) is 9.53. The molecule has 0 aliphatic heterocycles. The highest BCUT2D eigenvalue weighted by Gasteiger charge is 2.25. The molecule has 0 atom stereocenters. The Morgan fingerprint density at radius 3 is 2.50 bits per heavy atom. The van der Waals surface area contributed by atoms with Crippen LogP contribution in [0.4, 0.5) is 22.2 Å². The smallest absolute Gasteiger partial charge is 0.319 e. The molecule has 1 heterocycles. The van der Waals surface area contributed by atoms with Crippen LogP contribution in [-0.2, 0) is 12.8 Å². The molecule has 2 aliphatic carbocycles. The molecule has 1 fully saturated rings. The normalized spacial score (nSPS) is 20.2. The van der Waals surface area contributed by atoms with Crippen LogP contribution in [-0.4, -0.2) is 42.2 Å². The summed E-state index contributed by atoms with van der Waals surface area (Å²) in [5.74, 6) is 1.77. The molecule has 1 aromatic heterocycles. The highest BCUT2D eigenvalue weighted by molar-refractivity contribution is 6.33. The highest BCUT2D eigenvalue weighted by atomic mass is 35.5. The molecule has 0 unspecified atom stereocenters. The molecule has 0 spiro atoms. The van der Waals surface area contributed by atoms with Gasteiger partial charge >= 0.3 is 6.03 Å². The van der Waals surface area contributed by atoms with Gasteiger partial charge in [0, 0.05) is 31.7 Å². The van der Waals surface area contributed by atoms with Crippen molar-refractivity contribution in [3.8, 4) is 0 Å². The summed E-state index contributed by atoms with van der Waals surface area (Å²) in [4.78, 5) is 24.2. The quantitative estimate of drug-likeness (QED) is 0.594. The molecule has 7 nitrogen and oxygen atoms in total. The Hall–Kier alpha value is -2.54. The molecule has 0 bridgehead atoms. The minimum Gasteiger partial charge on any atom is -0.362 e. The standard InChI is InChI=1S/C24H33ClN6O/c1-15-7-6-9-19(25)21(15)29-24(32)27-17-13-11-16(12-14-17)26-23-28-20-10-5-4-8-18(20)22(30-23)31(2)3/h6-7,9,16-17H,4-5,8,10-14H2,1-3H3,(H,26,28,30)(H2,27,29,32)/t16-,17+. The number of benzene rings is 1. The van der Waals surface area contributed by atoms with Crippen LogP contribution in [0, 0.1) is 6.92 Å². The van der Waals surface area contributed by atoms with Crippen molar-refractivity contribution in [2.24, 2.45) is 0 Å². The summed E-state index contributed by atoms with van der Waals surface area (Å²) in [6.45, 7) is 1.93. The summed E-state index contributed by atoms with van der Waals surface area (Å²) in [6, 6.07) is 5.86. The van der Waals surface area contributed by atoms with Crippen molar-refractivity contribution in [1.82, 2.24) is 15.3 Å². The molecule has 32 heavy (non-hydrogen) atoms. The lowest BCUT2D eigenvalue weighted by atomic mass is 9.91. The van der Waals surface area contributed by atoms with Crippen LogP contribution < -0.4 is 20.9 Å². The summed E-state index contributed by atoms with van der Waals surface area (Å²) >= 11 is 6.22. The zero-order valence-electron chi connectivity index (χ0n) is 19.2. The van der Waals surface area contributed by atoms with Gasteiger partial charge in [0.15, 0.2) is 0 Å². The number of rotatable bonds is 5. The van der Waals surface area contributed by atoms with Gasteiger partial charge in [0.05, 0.1) is 16.4 Å².